The molecular formula is C11H17NO3. The van der Waals surface area contributed by atoms with E-state index in [-0.39, 0.29) is 11.8 Å². The third kappa shape index (κ3) is 1.52. The molecule has 2 aliphatic rings. The largest absolute Gasteiger partial charge is 0.480 e. The molecule has 0 radical (unpaired) electrons. The Kier molecular flexibility index (Phi) is 2.44. The number of hydrogen-bond acceptors (Lipinski definition) is 2. The highest BCUT2D eigenvalue weighted by Crippen LogP contribution is 2.35. The summed E-state index contributed by atoms with van der Waals surface area (Å²) in [6.07, 6.45) is 4.37. The summed E-state index contributed by atoms with van der Waals surface area (Å²) in [5.41, 5.74) is -0.952. The predicted molar refractivity (Wildman–Crippen MR) is 54.3 cm³/mol. The Labute approximate surface area is 89.3 Å². The number of likely N-dealkylation sites (tertiary alicyclic amines) is 1. The fourth-order valence-corrected chi connectivity index (χ4v) is 2.41. The van der Waals surface area contributed by atoms with Crippen LogP contribution >= 0.6 is 0 Å². The molecule has 0 aromatic heterocycles. The van der Waals surface area contributed by atoms with Crippen LogP contribution in [0.25, 0.3) is 0 Å². The molecule has 1 amide bonds. The Balaban J connectivity index is 2.13. The van der Waals surface area contributed by atoms with Gasteiger partial charge in [-0.15, -0.1) is 0 Å². The maximum absolute atomic E-state index is 12.0. The molecule has 1 saturated heterocycles. The summed E-state index contributed by atoms with van der Waals surface area (Å²) in [6.45, 7) is 2.27. The van der Waals surface area contributed by atoms with Crippen LogP contribution < -0.4 is 0 Å². The number of nitrogens with zero attached hydrogens (tertiary/aromatic N) is 1. The van der Waals surface area contributed by atoms with Gasteiger partial charge in [0, 0.05) is 12.5 Å². The van der Waals surface area contributed by atoms with E-state index in [9.17, 15) is 14.7 Å². The van der Waals surface area contributed by atoms with Gasteiger partial charge >= 0.3 is 5.97 Å². The van der Waals surface area contributed by atoms with Gasteiger partial charge in [-0.25, -0.2) is 4.79 Å². The average molecular weight is 211 g/mol. The maximum Gasteiger partial charge on any atom is 0.329 e. The number of carboxylic acid groups (broad SMARTS) is 1. The molecule has 15 heavy (non-hydrogen) atoms. The van der Waals surface area contributed by atoms with Crippen LogP contribution in [0.4, 0.5) is 0 Å². The van der Waals surface area contributed by atoms with Gasteiger partial charge in [-0.3, -0.25) is 4.79 Å². The zero-order valence-corrected chi connectivity index (χ0v) is 9.03. The Hall–Kier alpha value is -1.06. The van der Waals surface area contributed by atoms with Gasteiger partial charge in [0.25, 0.3) is 0 Å². The molecule has 1 N–H and O–H groups in total. The zero-order chi connectivity index (χ0) is 11.1. The van der Waals surface area contributed by atoms with E-state index in [1.807, 2.05) is 0 Å². The number of carbonyl (C=O) groups is 2. The third-order valence-corrected chi connectivity index (χ3v) is 3.82. The van der Waals surface area contributed by atoms with Gasteiger partial charge in [-0.1, -0.05) is 6.42 Å². The molecule has 1 aliphatic heterocycles. The molecule has 0 spiro atoms. The Morgan fingerprint density at radius 1 is 1.33 bits per heavy atom. The summed E-state index contributed by atoms with van der Waals surface area (Å²) in [6, 6.07) is 0. The molecule has 4 nitrogen and oxygen atoms in total. The average Bonchev–Trinajstić information content (AvgIpc) is 2.45. The van der Waals surface area contributed by atoms with E-state index >= 15 is 0 Å². The van der Waals surface area contributed by atoms with Gasteiger partial charge in [0.2, 0.25) is 5.91 Å². The molecule has 2 fully saturated rings. The minimum Gasteiger partial charge on any atom is -0.480 e. The lowest BCUT2D eigenvalue weighted by atomic mass is 9.83. The summed E-state index contributed by atoms with van der Waals surface area (Å²) in [5.74, 6) is -0.710. The fraction of sp³-hybridized carbons (Fsp3) is 0.818. The number of carboxylic acids is 1. The van der Waals surface area contributed by atoms with Crippen LogP contribution in [0.3, 0.4) is 0 Å². The lowest BCUT2D eigenvalue weighted by Crippen LogP contribution is -2.53. The van der Waals surface area contributed by atoms with Crippen molar-refractivity contribution in [2.24, 2.45) is 5.92 Å². The Bertz CT molecular complexity index is 298. The Morgan fingerprint density at radius 2 is 2.00 bits per heavy atom. The number of aliphatic carboxylic acids is 1. The fourth-order valence-electron chi connectivity index (χ4n) is 2.41. The second-order valence-electron chi connectivity index (χ2n) is 4.80. The van der Waals surface area contributed by atoms with Crippen molar-refractivity contribution in [2.45, 2.75) is 44.6 Å². The van der Waals surface area contributed by atoms with E-state index in [0.717, 1.165) is 25.7 Å². The first-order chi connectivity index (χ1) is 7.05. The highest BCUT2D eigenvalue weighted by molar-refractivity contribution is 5.88. The monoisotopic (exact) mass is 211 g/mol. The standard InChI is InChI=1S/C11H17NO3/c1-11(10(14)15)6-3-7-12(11)9(13)8-4-2-5-8/h8H,2-7H2,1H3,(H,14,15). The van der Waals surface area contributed by atoms with Gasteiger partial charge < -0.3 is 10.0 Å². The molecule has 4 heteroatoms. The van der Waals surface area contributed by atoms with Crippen LogP contribution in [0.15, 0.2) is 0 Å². The van der Waals surface area contributed by atoms with Crippen molar-refractivity contribution < 1.29 is 14.7 Å². The molecule has 84 valence electrons. The van der Waals surface area contributed by atoms with E-state index < -0.39 is 11.5 Å². The van der Waals surface area contributed by atoms with Gasteiger partial charge in [0.05, 0.1) is 0 Å². The van der Waals surface area contributed by atoms with E-state index in [2.05, 4.69) is 0 Å². The van der Waals surface area contributed by atoms with Gasteiger partial charge in [0.15, 0.2) is 0 Å². The van der Waals surface area contributed by atoms with Gasteiger partial charge in [-0.2, -0.15) is 0 Å². The van der Waals surface area contributed by atoms with Gasteiger partial charge in [-0.05, 0) is 32.6 Å². The second-order valence-corrected chi connectivity index (χ2v) is 4.80. The molecule has 1 heterocycles. The zero-order valence-electron chi connectivity index (χ0n) is 9.03. The molecule has 0 bridgehead atoms. The van der Waals surface area contributed by atoms with E-state index in [1.165, 1.54) is 0 Å². The summed E-state index contributed by atoms with van der Waals surface area (Å²) in [7, 11) is 0. The lowest BCUT2D eigenvalue weighted by molar-refractivity contribution is -0.158. The third-order valence-electron chi connectivity index (χ3n) is 3.82. The van der Waals surface area contributed by atoms with E-state index in [1.54, 1.807) is 11.8 Å². The number of amides is 1. The molecule has 1 unspecified atom stereocenters. The number of hydrogen-bond donors (Lipinski definition) is 1. The molecule has 0 aromatic carbocycles. The van der Waals surface area contributed by atoms with Crippen LogP contribution in [-0.4, -0.2) is 34.0 Å². The quantitative estimate of drug-likeness (QED) is 0.748. The predicted octanol–water partition coefficient (Wildman–Crippen LogP) is 1.25. The summed E-state index contributed by atoms with van der Waals surface area (Å²) >= 11 is 0. The molecule has 2 rings (SSSR count). The highest BCUT2D eigenvalue weighted by atomic mass is 16.4. The van der Waals surface area contributed by atoms with Crippen LogP contribution in [0.1, 0.15) is 39.0 Å². The minimum atomic E-state index is -0.952. The smallest absolute Gasteiger partial charge is 0.329 e. The van der Waals surface area contributed by atoms with Crippen LogP contribution in [0, 0.1) is 5.92 Å². The molecular weight excluding hydrogens is 194 g/mol. The topological polar surface area (TPSA) is 57.6 Å². The molecule has 0 aromatic rings. The SMILES string of the molecule is CC1(C(=O)O)CCCN1C(=O)C1CCC1. The summed E-state index contributed by atoms with van der Waals surface area (Å²) in [4.78, 5) is 24.8. The molecule has 1 atom stereocenters. The van der Waals surface area contributed by atoms with Crippen molar-refractivity contribution in [3.05, 3.63) is 0 Å². The first kappa shape index (κ1) is 10.5. The van der Waals surface area contributed by atoms with Crippen molar-refractivity contribution in [3.8, 4) is 0 Å². The summed E-state index contributed by atoms with van der Waals surface area (Å²) in [5, 5.41) is 9.17. The van der Waals surface area contributed by atoms with Crippen molar-refractivity contribution in [1.82, 2.24) is 4.90 Å². The van der Waals surface area contributed by atoms with Crippen LogP contribution in [0.2, 0.25) is 0 Å². The van der Waals surface area contributed by atoms with Crippen LogP contribution in [0.5, 0.6) is 0 Å². The Morgan fingerprint density at radius 3 is 2.47 bits per heavy atom. The van der Waals surface area contributed by atoms with Crippen molar-refractivity contribution in [1.29, 1.82) is 0 Å². The maximum atomic E-state index is 12.0. The normalized spacial score (nSPS) is 31.4. The van der Waals surface area contributed by atoms with Crippen molar-refractivity contribution in [2.75, 3.05) is 6.54 Å². The van der Waals surface area contributed by atoms with Gasteiger partial charge in [0.1, 0.15) is 5.54 Å². The van der Waals surface area contributed by atoms with Crippen molar-refractivity contribution >= 4 is 11.9 Å². The van der Waals surface area contributed by atoms with Crippen molar-refractivity contribution in [3.63, 3.8) is 0 Å². The second kappa shape index (κ2) is 3.51. The highest BCUT2D eigenvalue weighted by Gasteiger charge is 2.47. The van der Waals surface area contributed by atoms with E-state index in [4.69, 9.17) is 0 Å². The number of rotatable bonds is 2. The van der Waals surface area contributed by atoms with E-state index in [0.29, 0.717) is 13.0 Å². The molecule has 1 aliphatic carbocycles. The lowest BCUT2D eigenvalue weighted by Gasteiger charge is -2.36. The van der Waals surface area contributed by atoms with Crippen LogP contribution in [-0.2, 0) is 9.59 Å². The first-order valence-electron chi connectivity index (χ1n) is 5.60. The molecule has 1 saturated carbocycles. The number of carbonyl (C=O) groups excluding carboxylic acids is 1. The summed E-state index contributed by atoms with van der Waals surface area (Å²) < 4.78 is 0. The minimum absolute atomic E-state index is 0.0589. The first-order valence-corrected chi connectivity index (χ1v) is 5.60.